The Bertz CT molecular complexity index is 131. The zero-order valence-electron chi connectivity index (χ0n) is 12.2. The van der Waals surface area contributed by atoms with Crippen LogP contribution in [0.1, 0.15) is 90.9 Å². The molecule has 0 amide bonds. The maximum atomic E-state index is 10.2. The number of hydrogen-bond donors (Lipinski definition) is 0. The zero-order chi connectivity index (χ0) is 12.8. The molecule has 103 valence electrons. The molecule has 0 bridgehead atoms. The van der Waals surface area contributed by atoms with Crippen LogP contribution in [-0.2, 0) is 5.11 Å². The van der Waals surface area contributed by atoms with Gasteiger partial charge in [0, 0.05) is 0 Å². The molecule has 1 heteroatoms. The molecule has 0 heterocycles. The van der Waals surface area contributed by atoms with Crippen molar-refractivity contribution in [3.8, 4) is 0 Å². The molecule has 0 saturated carbocycles. The van der Waals surface area contributed by atoms with Gasteiger partial charge >= 0.3 is 0 Å². The van der Waals surface area contributed by atoms with E-state index in [1.165, 1.54) is 64.2 Å². The summed E-state index contributed by atoms with van der Waals surface area (Å²) in [5.74, 6) is 0.879. The standard InChI is InChI=1S/C16H33O/c1-16(2)14-12-10-8-6-4-3-5-7-9-11-13-15-17/h16H,3-15H2,1-2H3. The van der Waals surface area contributed by atoms with Gasteiger partial charge in [0.1, 0.15) is 0 Å². The molecule has 0 aliphatic heterocycles. The molecule has 1 nitrogen and oxygen atoms in total. The highest BCUT2D eigenvalue weighted by atomic mass is 16.2. The van der Waals surface area contributed by atoms with Gasteiger partial charge in [-0.1, -0.05) is 84.5 Å². The molecule has 0 rings (SSSR count). The van der Waals surface area contributed by atoms with Crippen LogP contribution in [0, 0.1) is 5.92 Å². The Hall–Kier alpha value is -0.0400. The van der Waals surface area contributed by atoms with Crippen LogP contribution in [-0.4, -0.2) is 6.61 Å². The summed E-state index contributed by atoms with van der Waals surface area (Å²) in [6.45, 7) is 4.75. The Morgan fingerprint density at radius 2 is 0.941 bits per heavy atom. The second-order valence-electron chi connectivity index (χ2n) is 5.78. The van der Waals surface area contributed by atoms with Crippen LogP contribution in [0.4, 0.5) is 0 Å². The molecule has 0 aromatic rings. The van der Waals surface area contributed by atoms with Gasteiger partial charge in [-0.05, 0) is 12.3 Å². The molecule has 0 N–H and O–H groups in total. The fraction of sp³-hybridized carbons (Fsp3) is 1.00. The van der Waals surface area contributed by atoms with Crippen LogP contribution in [0.3, 0.4) is 0 Å². The summed E-state index contributed by atoms with van der Waals surface area (Å²) in [5.41, 5.74) is 0. The first-order chi connectivity index (χ1) is 8.27. The molecule has 0 spiro atoms. The van der Waals surface area contributed by atoms with Crippen LogP contribution in [0.25, 0.3) is 0 Å². The molecule has 0 atom stereocenters. The van der Waals surface area contributed by atoms with E-state index in [0.717, 1.165) is 18.8 Å². The molecule has 0 aromatic carbocycles. The topological polar surface area (TPSA) is 19.9 Å². The van der Waals surface area contributed by atoms with Crippen molar-refractivity contribution < 1.29 is 5.11 Å². The molecule has 0 aliphatic rings. The first-order valence-corrected chi connectivity index (χ1v) is 7.85. The Labute approximate surface area is 109 Å². The third-order valence-electron chi connectivity index (χ3n) is 3.43. The summed E-state index contributed by atoms with van der Waals surface area (Å²) in [4.78, 5) is 0. The average molecular weight is 241 g/mol. The summed E-state index contributed by atoms with van der Waals surface area (Å²) >= 11 is 0. The van der Waals surface area contributed by atoms with Crippen LogP contribution in [0.5, 0.6) is 0 Å². The first-order valence-electron chi connectivity index (χ1n) is 7.85. The second-order valence-corrected chi connectivity index (χ2v) is 5.78. The third kappa shape index (κ3) is 16.0. The quantitative estimate of drug-likeness (QED) is 0.366. The smallest absolute Gasteiger partial charge is 0.0822 e. The van der Waals surface area contributed by atoms with Crippen molar-refractivity contribution in [1.29, 1.82) is 0 Å². The Morgan fingerprint density at radius 1 is 0.588 bits per heavy atom. The Balaban J connectivity index is 2.89. The molecule has 17 heavy (non-hydrogen) atoms. The highest BCUT2D eigenvalue weighted by molar-refractivity contribution is 4.50. The van der Waals surface area contributed by atoms with Crippen LogP contribution in [0.2, 0.25) is 0 Å². The summed E-state index contributed by atoms with van der Waals surface area (Å²) in [5, 5.41) is 10.2. The minimum Gasteiger partial charge on any atom is -0.237 e. The Morgan fingerprint density at radius 3 is 1.29 bits per heavy atom. The molecular formula is C16H33O. The van der Waals surface area contributed by atoms with Crippen molar-refractivity contribution in [3.63, 3.8) is 0 Å². The summed E-state index contributed by atoms with van der Waals surface area (Å²) in [7, 11) is 0. The summed E-state index contributed by atoms with van der Waals surface area (Å²) < 4.78 is 0. The van der Waals surface area contributed by atoms with Crippen molar-refractivity contribution in [2.45, 2.75) is 90.9 Å². The van der Waals surface area contributed by atoms with Crippen molar-refractivity contribution in [3.05, 3.63) is 0 Å². The fourth-order valence-electron chi connectivity index (χ4n) is 2.25. The van der Waals surface area contributed by atoms with Gasteiger partial charge in [0.15, 0.2) is 0 Å². The van der Waals surface area contributed by atoms with Gasteiger partial charge in [-0.15, -0.1) is 0 Å². The molecular weight excluding hydrogens is 208 g/mol. The van der Waals surface area contributed by atoms with Gasteiger partial charge in [0.2, 0.25) is 0 Å². The molecule has 0 aromatic heterocycles. The van der Waals surface area contributed by atoms with E-state index in [0.29, 0.717) is 0 Å². The van der Waals surface area contributed by atoms with Gasteiger partial charge in [0.05, 0.1) is 6.61 Å². The van der Waals surface area contributed by atoms with E-state index in [9.17, 15) is 5.11 Å². The fourth-order valence-corrected chi connectivity index (χ4v) is 2.25. The van der Waals surface area contributed by atoms with E-state index in [1.807, 2.05) is 0 Å². The van der Waals surface area contributed by atoms with Crippen molar-refractivity contribution in [1.82, 2.24) is 0 Å². The van der Waals surface area contributed by atoms with Crippen LogP contribution < -0.4 is 0 Å². The van der Waals surface area contributed by atoms with Gasteiger partial charge in [-0.25, -0.2) is 5.11 Å². The molecule has 0 fully saturated rings. The average Bonchev–Trinajstić information content (AvgIpc) is 2.30. The van der Waals surface area contributed by atoms with Gasteiger partial charge in [-0.3, -0.25) is 0 Å². The lowest BCUT2D eigenvalue weighted by atomic mass is 10.0. The summed E-state index contributed by atoms with van der Waals surface area (Å²) in [6.07, 6.45) is 16.0. The Kier molecular flexibility index (Phi) is 14.0. The SMILES string of the molecule is CC(C)CCCCCCCCCCCCC[O]. The zero-order valence-corrected chi connectivity index (χ0v) is 12.2. The second kappa shape index (κ2) is 14.0. The largest absolute Gasteiger partial charge is 0.237 e. The van der Waals surface area contributed by atoms with Crippen LogP contribution >= 0.6 is 0 Å². The van der Waals surface area contributed by atoms with E-state index in [1.54, 1.807) is 0 Å². The highest BCUT2D eigenvalue weighted by Crippen LogP contribution is 2.13. The maximum absolute atomic E-state index is 10.2. The lowest BCUT2D eigenvalue weighted by Crippen LogP contribution is -1.87. The maximum Gasteiger partial charge on any atom is 0.0822 e. The minimum absolute atomic E-state index is 0.121. The number of unbranched alkanes of at least 4 members (excludes halogenated alkanes) is 10. The van der Waals surface area contributed by atoms with E-state index in [-0.39, 0.29) is 6.61 Å². The monoisotopic (exact) mass is 241 g/mol. The lowest BCUT2D eigenvalue weighted by Gasteiger charge is -2.04. The van der Waals surface area contributed by atoms with Crippen molar-refractivity contribution >= 4 is 0 Å². The molecule has 0 unspecified atom stereocenters. The highest BCUT2D eigenvalue weighted by Gasteiger charge is 1.95. The molecule has 0 aliphatic carbocycles. The number of rotatable bonds is 13. The molecule has 0 saturated heterocycles. The van der Waals surface area contributed by atoms with E-state index in [4.69, 9.17) is 0 Å². The van der Waals surface area contributed by atoms with Gasteiger partial charge < -0.3 is 0 Å². The van der Waals surface area contributed by atoms with Gasteiger partial charge in [-0.2, -0.15) is 0 Å². The van der Waals surface area contributed by atoms with E-state index < -0.39 is 0 Å². The first kappa shape index (κ1) is 17.0. The van der Waals surface area contributed by atoms with E-state index in [2.05, 4.69) is 13.8 Å². The molecule has 1 radical (unpaired) electrons. The van der Waals surface area contributed by atoms with Gasteiger partial charge in [0.25, 0.3) is 0 Å². The lowest BCUT2D eigenvalue weighted by molar-refractivity contribution is 0.186. The van der Waals surface area contributed by atoms with Crippen molar-refractivity contribution in [2.75, 3.05) is 6.61 Å². The predicted molar refractivity (Wildman–Crippen MR) is 75.8 cm³/mol. The summed E-state index contributed by atoms with van der Waals surface area (Å²) in [6, 6.07) is 0. The number of hydrogen-bond acceptors (Lipinski definition) is 0. The third-order valence-corrected chi connectivity index (χ3v) is 3.43. The van der Waals surface area contributed by atoms with Crippen molar-refractivity contribution in [2.24, 2.45) is 5.92 Å². The normalized spacial score (nSPS) is 11.3. The van der Waals surface area contributed by atoms with Crippen LogP contribution in [0.15, 0.2) is 0 Å². The predicted octanol–water partition coefficient (Wildman–Crippen LogP) is 5.75. The minimum atomic E-state index is 0.121. The van der Waals surface area contributed by atoms with E-state index >= 15 is 0 Å².